The molecule has 2 atom stereocenters. The van der Waals surface area contributed by atoms with Crippen LogP contribution in [0.5, 0.6) is 0 Å². The van der Waals surface area contributed by atoms with Gasteiger partial charge < -0.3 is 10.4 Å². The molecular weight excluding hydrogens is 332 g/mol. The molecule has 6 nitrogen and oxygen atoms in total. The van der Waals surface area contributed by atoms with Gasteiger partial charge in [-0.25, -0.2) is 0 Å². The molecule has 0 bridgehead atoms. The van der Waals surface area contributed by atoms with Crippen LogP contribution in [-0.4, -0.2) is 38.4 Å². The average Bonchev–Trinajstić information content (AvgIpc) is 3.25. The number of nitrogens with zero attached hydrogens (tertiary/aromatic N) is 2. The summed E-state index contributed by atoms with van der Waals surface area (Å²) in [5.74, 6) is 0.935. The molecule has 23 heavy (non-hydrogen) atoms. The predicted molar refractivity (Wildman–Crippen MR) is 91.7 cm³/mol. The lowest BCUT2D eigenvalue weighted by Gasteiger charge is -2.15. The minimum absolute atomic E-state index is 0.0238. The highest BCUT2D eigenvalue weighted by Crippen LogP contribution is 2.25. The van der Waals surface area contributed by atoms with Crippen molar-refractivity contribution in [2.24, 2.45) is 5.92 Å². The summed E-state index contributed by atoms with van der Waals surface area (Å²) in [7, 11) is 0. The Kier molecular flexibility index (Phi) is 5.24. The van der Waals surface area contributed by atoms with Crippen LogP contribution in [-0.2, 0) is 11.3 Å². The zero-order chi connectivity index (χ0) is 16.2. The summed E-state index contributed by atoms with van der Waals surface area (Å²) in [5, 5.41) is 21.7. The van der Waals surface area contributed by atoms with Gasteiger partial charge in [-0.1, -0.05) is 12.5 Å². The normalized spacial score (nSPS) is 20.7. The van der Waals surface area contributed by atoms with E-state index in [2.05, 4.69) is 15.5 Å². The number of carbonyl (C=O) groups excluding carboxylic acids is 1. The van der Waals surface area contributed by atoms with Crippen LogP contribution < -0.4 is 5.32 Å². The SMILES string of the molecule is O=C(CCn1c(-c2cccs2)n[nH]c1=S)NC[C@H]1CCC[C@@H]1O. The molecule has 0 saturated heterocycles. The number of aliphatic hydroxyl groups excluding tert-OH is 1. The summed E-state index contributed by atoms with van der Waals surface area (Å²) in [6.45, 7) is 1.04. The monoisotopic (exact) mass is 352 g/mol. The van der Waals surface area contributed by atoms with E-state index >= 15 is 0 Å². The van der Waals surface area contributed by atoms with E-state index in [1.165, 1.54) is 0 Å². The van der Waals surface area contributed by atoms with Gasteiger partial charge in [-0.05, 0) is 36.5 Å². The van der Waals surface area contributed by atoms with Crippen molar-refractivity contribution in [3.05, 3.63) is 22.3 Å². The fraction of sp³-hybridized carbons (Fsp3) is 0.533. The van der Waals surface area contributed by atoms with Crippen molar-refractivity contribution in [3.63, 3.8) is 0 Å². The van der Waals surface area contributed by atoms with E-state index in [9.17, 15) is 9.90 Å². The topological polar surface area (TPSA) is 82.9 Å². The molecule has 0 aromatic carbocycles. The molecule has 0 radical (unpaired) electrons. The Morgan fingerprint density at radius 1 is 1.57 bits per heavy atom. The minimum Gasteiger partial charge on any atom is -0.393 e. The van der Waals surface area contributed by atoms with Gasteiger partial charge in [0.05, 0.1) is 11.0 Å². The molecule has 1 aliphatic carbocycles. The lowest BCUT2D eigenvalue weighted by molar-refractivity contribution is -0.121. The van der Waals surface area contributed by atoms with E-state index in [4.69, 9.17) is 12.2 Å². The first-order valence-electron chi connectivity index (χ1n) is 7.79. The van der Waals surface area contributed by atoms with Crippen LogP contribution in [0, 0.1) is 10.7 Å². The third-order valence-corrected chi connectivity index (χ3v) is 5.42. The Bertz CT molecular complexity index is 707. The fourth-order valence-electron chi connectivity index (χ4n) is 2.92. The number of aromatic amines is 1. The van der Waals surface area contributed by atoms with E-state index < -0.39 is 0 Å². The van der Waals surface area contributed by atoms with Crippen LogP contribution in [0.15, 0.2) is 17.5 Å². The predicted octanol–water partition coefficient (Wildman–Crippen LogP) is 2.34. The van der Waals surface area contributed by atoms with Crippen LogP contribution >= 0.6 is 23.6 Å². The molecule has 1 aliphatic rings. The van der Waals surface area contributed by atoms with Gasteiger partial charge in [0.25, 0.3) is 0 Å². The number of thiophene rings is 1. The van der Waals surface area contributed by atoms with Crippen LogP contribution in [0.4, 0.5) is 0 Å². The van der Waals surface area contributed by atoms with Gasteiger partial charge >= 0.3 is 0 Å². The van der Waals surface area contributed by atoms with E-state index in [-0.39, 0.29) is 17.9 Å². The summed E-state index contributed by atoms with van der Waals surface area (Å²) in [6.07, 6.45) is 2.93. The second-order valence-electron chi connectivity index (χ2n) is 5.79. The number of aromatic nitrogens is 3. The number of hydrogen-bond donors (Lipinski definition) is 3. The van der Waals surface area contributed by atoms with Crippen LogP contribution in [0.25, 0.3) is 10.7 Å². The molecule has 2 aromatic rings. The molecular formula is C15H20N4O2S2. The largest absolute Gasteiger partial charge is 0.393 e. The molecule has 124 valence electrons. The number of amides is 1. The maximum atomic E-state index is 12.0. The van der Waals surface area contributed by atoms with Crippen molar-refractivity contribution in [3.8, 4) is 10.7 Å². The van der Waals surface area contributed by atoms with E-state index in [0.29, 0.717) is 24.3 Å². The van der Waals surface area contributed by atoms with Gasteiger partial charge in [-0.3, -0.25) is 14.5 Å². The lowest BCUT2D eigenvalue weighted by atomic mass is 10.1. The van der Waals surface area contributed by atoms with E-state index in [1.54, 1.807) is 11.3 Å². The number of aliphatic hydroxyl groups is 1. The number of H-pyrrole nitrogens is 1. The highest BCUT2D eigenvalue weighted by Gasteiger charge is 2.25. The van der Waals surface area contributed by atoms with E-state index in [1.807, 2.05) is 22.1 Å². The van der Waals surface area contributed by atoms with Gasteiger partial charge in [0, 0.05) is 25.4 Å². The highest BCUT2D eigenvalue weighted by atomic mass is 32.1. The van der Waals surface area contributed by atoms with Crippen LogP contribution in [0.2, 0.25) is 0 Å². The molecule has 1 amide bonds. The van der Waals surface area contributed by atoms with Crippen LogP contribution in [0.1, 0.15) is 25.7 Å². The third kappa shape index (κ3) is 3.88. The van der Waals surface area contributed by atoms with Crippen molar-refractivity contribution in [1.29, 1.82) is 0 Å². The molecule has 0 aliphatic heterocycles. The highest BCUT2D eigenvalue weighted by molar-refractivity contribution is 7.71. The zero-order valence-corrected chi connectivity index (χ0v) is 14.3. The van der Waals surface area contributed by atoms with Gasteiger partial charge in [0.2, 0.25) is 5.91 Å². The first-order chi connectivity index (χ1) is 11.1. The van der Waals surface area contributed by atoms with Crippen molar-refractivity contribution in [2.45, 2.75) is 38.3 Å². The number of hydrogen-bond acceptors (Lipinski definition) is 5. The Labute approximate surface area is 143 Å². The summed E-state index contributed by atoms with van der Waals surface area (Å²) in [6, 6.07) is 3.94. The zero-order valence-electron chi connectivity index (χ0n) is 12.7. The molecule has 2 heterocycles. The molecule has 0 unspecified atom stereocenters. The summed E-state index contributed by atoms with van der Waals surface area (Å²) >= 11 is 6.84. The number of rotatable bonds is 6. The second-order valence-corrected chi connectivity index (χ2v) is 7.13. The maximum Gasteiger partial charge on any atom is 0.221 e. The van der Waals surface area contributed by atoms with Gasteiger partial charge in [0.15, 0.2) is 10.6 Å². The van der Waals surface area contributed by atoms with Gasteiger partial charge in [0.1, 0.15) is 0 Å². The summed E-state index contributed by atoms with van der Waals surface area (Å²) < 4.78 is 2.37. The van der Waals surface area contributed by atoms with Crippen molar-refractivity contribution in [2.75, 3.05) is 6.54 Å². The number of carbonyl (C=O) groups is 1. The quantitative estimate of drug-likeness (QED) is 0.697. The molecule has 1 saturated carbocycles. The van der Waals surface area contributed by atoms with Crippen LogP contribution in [0.3, 0.4) is 0 Å². The fourth-order valence-corrected chi connectivity index (χ4v) is 3.87. The first kappa shape index (κ1) is 16.4. The van der Waals surface area contributed by atoms with Crippen molar-refractivity contribution in [1.82, 2.24) is 20.1 Å². The number of nitrogens with one attached hydrogen (secondary N) is 2. The second kappa shape index (κ2) is 7.37. The first-order valence-corrected chi connectivity index (χ1v) is 9.08. The Morgan fingerprint density at radius 3 is 3.13 bits per heavy atom. The molecule has 1 fully saturated rings. The van der Waals surface area contributed by atoms with Gasteiger partial charge in [-0.2, -0.15) is 5.10 Å². The molecule has 8 heteroatoms. The molecule has 0 spiro atoms. The summed E-state index contributed by atoms with van der Waals surface area (Å²) in [4.78, 5) is 13.1. The average molecular weight is 352 g/mol. The molecule has 2 aromatic heterocycles. The Balaban J connectivity index is 1.55. The van der Waals surface area contributed by atoms with Gasteiger partial charge in [-0.15, -0.1) is 11.3 Å². The Hall–Kier alpha value is -1.51. The molecule has 3 rings (SSSR count). The lowest BCUT2D eigenvalue weighted by Crippen LogP contribution is -2.32. The standard InChI is InChI=1S/C15H20N4O2S2/c20-11-4-1-3-10(11)9-16-13(21)6-7-19-14(17-18-15(19)22)12-5-2-8-23-12/h2,5,8,10-11,20H,1,3-4,6-7,9H2,(H,16,21)(H,18,22)/t10-,11+/m1/s1. The van der Waals surface area contributed by atoms with E-state index in [0.717, 1.165) is 30.0 Å². The Morgan fingerprint density at radius 2 is 2.43 bits per heavy atom. The van der Waals surface area contributed by atoms with Crippen molar-refractivity contribution < 1.29 is 9.90 Å². The maximum absolute atomic E-state index is 12.0. The third-order valence-electron chi connectivity index (χ3n) is 4.24. The minimum atomic E-state index is -0.275. The summed E-state index contributed by atoms with van der Waals surface area (Å²) in [5.41, 5.74) is 0. The van der Waals surface area contributed by atoms with Crippen molar-refractivity contribution >= 4 is 29.5 Å². The molecule has 3 N–H and O–H groups in total. The smallest absolute Gasteiger partial charge is 0.221 e.